The molecule has 2 atom stereocenters. The zero-order valence-electron chi connectivity index (χ0n) is 25.1. The minimum absolute atomic E-state index is 0.0971. The van der Waals surface area contributed by atoms with Crippen LogP contribution in [0.3, 0.4) is 0 Å². The topological polar surface area (TPSA) is 73.8 Å². The van der Waals surface area contributed by atoms with E-state index in [9.17, 15) is 18.0 Å². The Kier molecular flexibility index (Phi) is 9.10. The first-order valence-electron chi connectivity index (χ1n) is 15.0. The number of anilines is 3. The summed E-state index contributed by atoms with van der Waals surface area (Å²) in [6, 6.07) is 9.24. The summed E-state index contributed by atoms with van der Waals surface area (Å²) in [5.74, 6) is 0.748. The van der Waals surface area contributed by atoms with Crippen LogP contribution in [0.4, 0.5) is 30.5 Å². The number of thiophene rings is 1. The maximum atomic E-state index is 14.1. The number of ether oxygens (including phenoxy) is 1. The van der Waals surface area contributed by atoms with E-state index in [0.29, 0.717) is 42.5 Å². The molecule has 0 spiro atoms. The van der Waals surface area contributed by atoms with Crippen LogP contribution in [0, 0.1) is 6.92 Å². The molecule has 3 aliphatic heterocycles. The molecule has 0 saturated carbocycles. The highest BCUT2D eigenvalue weighted by Gasteiger charge is 2.38. The molecule has 3 fully saturated rings. The molecule has 2 bridgehead atoms. The van der Waals surface area contributed by atoms with Crippen molar-refractivity contribution >= 4 is 46.8 Å². The normalized spacial score (nSPS) is 20.5. The van der Waals surface area contributed by atoms with Crippen molar-refractivity contribution in [1.29, 1.82) is 0 Å². The number of aryl methyl sites for hydroxylation is 2. The first kappa shape index (κ1) is 31.1. The lowest BCUT2D eigenvalue weighted by Crippen LogP contribution is -2.52. The molecule has 8 nitrogen and oxygen atoms in total. The zero-order chi connectivity index (χ0) is 31.0. The summed E-state index contributed by atoms with van der Waals surface area (Å²) < 4.78 is 47.5. The first-order valence-corrected chi connectivity index (χ1v) is 16.8. The Bertz CT molecular complexity index is 1480. The van der Waals surface area contributed by atoms with Crippen LogP contribution < -0.4 is 10.2 Å². The molecule has 13 heteroatoms. The summed E-state index contributed by atoms with van der Waals surface area (Å²) in [6.07, 6.45) is 0.305. The van der Waals surface area contributed by atoms with Gasteiger partial charge in [0.2, 0.25) is 12.4 Å². The van der Waals surface area contributed by atoms with Gasteiger partial charge in [-0.2, -0.15) is 13.2 Å². The molecule has 3 saturated heterocycles. The molecule has 2 unspecified atom stereocenters. The lowest BCUT2D eigenvalue weighted by molar-refractivity contribution is -0.137. The molecule has 6 rings (SSSR count). The molecule has 5 heterocycles. The number of rotatable bonds is 11. The Balaban J connectivity index is 1.21. The number of amides is 1. The van der Waals surface area contributed by atoms with E-state index in [-0.39, 0.29) is 17.7 Å². The predicted molar refractivity (Wildman–Crippen MR) is 169 cm³/mol. The van der Waals surface area contributed by atoms with E-state index < -0.39 is 11.7 Å². The second-order valence-electron chi connectivity index (χ2n) is 11.6. The van der Waals surface area contributed by atoms with Crippen molar-refractivity contribution in [3.05, 3.63) is 46.5 Å². The van der Waals surface area contributed by atoms with Crippen LogP contribution in [-0.4, -0.2) is 90.0 Å². The number of nitrogens with one attached hydrogen (secondary N) is 1. The number of benzene rings is 1. The molecule has 0 radical (unpaired) electrons. The number of aromatic nitrogens is 2. The van der Waals surface area contributed by atoms with E-state index in [1.807, 2.05) is 13.0 Å². The number of thioether (sulfide) groups is 1. The van der Waals surface area contributed by atoms with Gasteiger partial charge in [-0.15, -0.1) is 23.1 Å². The standard InChI is InChI=1S/C31H37F3N6O2S2/c1-4-20-11-21(40-14-22-5-6-23(15-40)38(22)3)7-8-26(20)36-30-35-13-25(31(32,33)34)29(37-30)28-12-27(19(2)44-28)43-10-9-39(18-41)24-16-42-17-24/h7-8,11-13,18,22-24H,4-6,9-10,14-17H2,1-3H3,(H,35,36,37). The molecule has 3 aromatic rings. The van der Waals surface area contributed by atoms with Gasteiger partial charge < -0.3 is 19.9 Å². The van der Waals surface area contributed by atoms with E-state index in [0.717, 1.165) is 53.1 Å². The Morgan fingerprint density at radius 3 is 2.59 bits per heavy atom. The Labute approximate surface area is 264 Å². The summed E-state index contributed by atoms with van der Waals surface area (Å²) in [6.45, 7) is 7.57. The maximum Gasteiger partial charge on any atom is 0.420 e. The van der Waals surface area contributed by atoms with E-state index in [1.165, 1.54) is 41.6 Å². The van der Waals surface area contributed by atoms with Crippen LogP contribution in [0.25, 0.3) is 10.6 Å². The lowest BCUT2D eigenvalue weighted by Gasteiger charge is -2.40. The van der Waals surface area contributed by atoms with Crippen molar-refractivity contribution in [2.24, 2.45) is 0 Å². The number of fused-ring (bicyclic) bond motifs is 2. The van der Waals surface area contributed by atoms with Crippen LogP contribution >= 0.6 is 23.1 Å². The Morgan fingerprint density at radius 2 is 1.95 bits per heavy atom. The van der Waals surface area contributed by atoms with Crippen LogP contribution in [0.5, 0.6) is 0 Å². The number of halogens is 3. The average molecular weight is 647 g/mol. The molecule has 3 aliphatic rings. The molecule has 1 aromatic carbocycles. The Hall–Kier alpha value is -2.87. The number of likely N-dealkylation sites (N-methyl/N-ethyl adjacent to an activating group) is 1. The molecule has 1 amide bonds. The number of alkyl halides is 3. The minimum atomic E-state index is -4.60. The van der Waals surface area contributed by atoms with E-state index in [1.54, 1.807) is 11.0 Å². The highest BCUT2D eigenvalue weighted by Crippen LogP contribution is 2.42. The van der Waals surface area contributed by atoms with Gasteiger partial charge >= 0.3 is 6.18 Å². The molecular formula is C31H37F3N6O2S2. The van der Waals surface area contributed by atoms with Crippen molar-refractivity contribution in [3.8, 4) is 10.6 Å². The van der Waals surface area contributed by atoms with Crippen LogP contribution in [0.15, 0.2) is 35.4 Å². The SMILES string of the molecule is CCc1cc(N2CC3CCC(C2)N3C)ccc1Nc1ncc(C(F)(F)F)c(-c2cc(SCCN(C=O)C3COC3)c(C)s2)n1. The third-order valence-electron chi connectivity index (χ3n) is 8.96. The van der Waals surface area contributed by atoms with Gasteiger partial charge in [-0.25, -0.2) is 9.97 Å². The average Bonchev–Trinajstić information content (AvgIpc) is 3.41. The van der Waals surface area contributed by atoms with Crippen LogP contribution in [-0.2, 0) is 22.1 Å². The third kappa shape index (κ3) is 6.42. The fraction of sp³-hybridized carbons (Fsp3) is 0.516. The van der Waals surface area contributed by atoms with Crippen LogP contribution in [0.1, 0.15) is 35.8 Å². The molecule has 1 N–H and O–H groups in total. The monoisotopic (exact) mass is 646 g/mol. The van der Waals surface area contributed by atoms with Crippen molar-refractivity contribution < 1.29 is 22.7 Å². The number of hydrogen-bond donors (Lipinski definition) is 1. The van der Waals surface area contributed by atoms with E-state index in [2.05, 4.69) is 51.2 Å². The Morgan fingerprint density at radius 1 is 1.20 bits per heavy atom. The zero-order valence-corrected chi connectivity index (χ0v) is 26.7. The number of carbonyl (C=O) groups is 1. The largest absolute Gasteiger partial charge is 0.420 e. The van der Waals surface area contributed by atoms with Gasteiger partial charge in [0, 0.05) is 64.8 Å². The summed E-state index contributed by atoms with van der Waals surface area (Å²) >= 11 is 2.80. The molecule has 2 aromatic heterocycles. The first-order chi connectivity index (χ1) is 21.1. The maximum absolute atomic E-state index is 14.1. The second kappa shape index (κ2) is 12.9. The van der Waals surface area contributed by atoms with Crippen molar-refractivity contribution in [2.75, 3.05) is 55.9 Å². The minimum Gasteiger partial charge on any atom is -0.377 e. The van der Waals surface area contributed by atoms with Gasteiger partial charge in [-0.1, -0.05) is 6.92 Å². The summed E-state index contributed by atoms with van der Waals surface area (Å²) in [4.78, 5) is 28.8. The van der Waals surface area contributed by atoms with Gasteiger partial charge in [-0.05, 0) is 63.1 Å². The van der Waals surface area contributed by atoms with Gasteiger partial charge in [0.15, 0.2) is 0 Å². The van der Waals surface area contributed by atoms with Crippen molar-refractivity contribution in [1.82, 2.24) is 19.8 Å². The van der Waals surface area contributed by atoms with Gasteiger partial charge in [-0.3, -0.25) is 9.69 Å². The quantitative estimate of drug-likeness (QED) is 0.199. The third-order valence-corrected chi connectivity index (χ3v) is 11.3. The number of nitrogens with zero attached hydrogens (tertiary/aromatic N) is 5. The number of hydrogen-bond acceptors (Lipinski definition) is 9. The summed E-state index contributed by atoms with van der Waals surface area (Å²) in [7, 11) is 2.22. The summed E-state index contributed by atoms with van der Waals surface area (Å²) in [5, 5.41) is 3.21. The number of carbonyl (C=O) groups excluding carboxylic acids is 1. The molecular weight excluding hydrogens is 610 g/mol. The van der Waals surface area contributed by atoms with Gasteiger partial charge in [0.25, 0.3) is 0 Å². The van der Waals surface area contributed by atoms with Crippen LogP contribution in [0.2, 0.25) is 0 Å². The van der Waals surface area contributed by atoms with Crippen molar-refractivity contribution in [3.63, 3.8) is 0 Å². The second-order valence-corrected chi connectivity index (χ2v) is 14.0. The smallest absolute Gasteiger partial charge is 0.377 e. The van der Waals surface area contributed by atoms with Gasteiger partial charge in [0.05, 0.1) is 29.8 Å². The lowest BCUT2D eigenvalue weighted by atomic mass is 10.1. The highest BCUT2D eigenvalue weighted by molar-refractivity contribution is 7.99. The number of piperazine rings is 1. The van der Waals surface area contributed by atoms with E-state index in [4.69, 9.17) is 4.74 Å². The highest BCUT2D eigenvalue weighted by atomic mass is 32.2. The molecule has 236 valence electrons. The summed E-state index contributed by atoms with van der Waals surface area (Å²) in [5.41, 5.74) is 2.01. The van der Waals surface area contributed by atoms with E-state index >= 15 is 0 Å². The fourth-order valence-corrected chi connectivity index (χ4v) is 8.42. The van der Waals surface area contributed by atoms with Crippen molar-refractivity contribution in [2.45, 2.75) is 62.3 Å². The molecule has 44 heavy (non-hydrogen) atoms. The molecule has 0 aliphatic carbocycles. The predicted octanol–water partition coefficient (Wildman–Crippen LogP) is 6.07. The fourth-order valence-electron chi connectivity index (χ4n) is 6.20. The van der Waals surface area contributed by atoms with Gasteiger partial charge in [0.1, 0.15) is 5.56 Å².